The van der Waals surface area contributed by atoms with Gasteiger partial charge in [-0.1, -0.05) is 37.5 Å². The SMILES string of the molecule is O=C(C1CCCCC1)N(C(=O)C12CC3CC(CC(C3)C1)C2)c1ccccc1. The lowest BCUT2D eigenvalue weighted by Gasteiger charge is -2.56. The highest BCUT2D eigenvalue weighted by Gasteiger charge is 2.56. The fraction of sp³-hybridized carbons (Fsp3) is 0.667. The van der Waals surface area contributed by atoms with E-state index in [-0.39, 0.29) is 23.1 Å². The van der Waals surface area contributed by atoms with E-state index in [1.54, 1.807) is 4.90 Å². The molecule has 5 saturated carbocycles. The van der Waals surface area contributed by atoms with Crippen molar-refractivity contribution in [3.63, 3.8) is 0 Å². The van der Waals surface area contributed by atoms with Gasteiger partial charge in [0.1, 0.15) is 0 Å². The van der Waals surface area contributed by atoms with Crippen molar-refractivity contribution in [3.8, 4) is 0 Å². The number of carbonyl (C=O) groups excluding carboxylic acids is 2. The van der Waals surface area contributed by atoms with Gasteiger partial charge in [-0.05, 0) is 81.3 Å². The highest BCUT2D eigenvalue weighted by atomic mass is 16.2. The molecule has 6 rings (SSSR count). The van der Waals surface area contributed by atoms with Gasteiger partial charge in [-0.25, -0.2) is 4.90 Å². The van der Waals surface area contributed by atoms with Gasteiger partial charge >= 0.3 is 0 Å². The second-order valence-electron chi connectivity index (χ2n) is 9.85. The molecule has 5 aliphatic rings. The number of hydrogen-bond donors (Lipinski definition) is 0. The number of anilines is 1. The molecular formula is C24H31NO2. The molecule has 3 nitrogen and oxygen atoms in total. The van der Waals surface area contributed by atoms with Crippen LogP contribution in [0.4, 0.5) is 5.69 Å². The Labute approximate surface area is 162 Å². The van der Waals surface area contributed by atoms with Crippen molar-refractivity contribution < 1.29 is 9.59 Å². The lowest BCUT2D eigenvalue weighted by atomic mass is 9.49. The molecule has 4 bridgehead atoms. The number of nitrogens with zero attached hydrogens (tertiary/aromatic N) is 1. The molecule has 1 aromatic carbocycles. The van der Waals surface area contributed by atoms with Gasteiger partial charge in [-0.15, -0.1) is 0 Å². The van der Waals surface area contributed by atoms with E-state index in [0.29, 0.717) is 17.8 Å². The van der Waals surface area contributed by atoms with Crippen LogP contribution in [0.15, 0.2) is 30.3 Å². The Bertz CT molecular complexity index is 684. The zero-order chi connectivity index (χ0) is 18.4. The molecule has 144 valence electrons. The van der Waals surface area contributed by atoms with E-state index in [1.165, 1.54) is 25.7 Å². The summed E-state index contributed by atoms with van der Waals surface area (Å²) in [5, 5.41) is 0. The maximum atomic E-state index is 14.0. The van der Waals surface area contributed by atoms with Gasteiger partial charge in [0.15, 0.2) is 0 Å². The Kier molecular flexibility index (Phi) is 4.37. The average molecular weight is 366 g/mol. The van der Waals surface area contributed by atoms with Crippen LogP contribution in [0.5, 0.6) is 0 Å². The van der Waals surface area contributed by atoms with Crippen LogP contribution in [0.2, 0.25) is 0 Å². The summed E-state index contributed by atoms with van der Waals surface area (Å²) in [6.07, 6.45) is 12.3. The first-order valence-electron chi connectivity index (χ1n) is 11.1. The molecule has 0 unspecified atom stereocenters. The fourth-order valence-corrected chi connectivity index (χ4v) is 7.06. The Balaban J connectivity index is 1.48. The van der Waals surface area contributed by atoms with Gasteiger partial charge in [-0.3, -0.25) is 9.59 Å². The summed E-state index contributed by atoms with van der Waals surface area (Å²) >= 11 is 0. The molecule has 0 atom stereocenters. The Morgan fingerprint density at radius 1 is 0.815 bits per heavy atom. The quantitative estimate of drug-likeness (QED) is 0.678. The van der Waals surface area contributed by atoms with Gasteiger partial charge in [0.25, 0.3) is 0 Å². The number of hydrogen-bond acceptors (Lipinski definition) is 2. The van der Waals surface area contributed by atoms with E-state index in [1.807, 2.05) is 30.3 Å². The highest BCUT2D eigenvalue weighted by molar-refractivity contribution is 6.17. The minimum atomic E-state index is -0.269. The first kappa shape index (κ1) is 17.5. The molecule has 0 aliphatic heterocycles. The lowest BCUT2D eigenvalue weighted by Crippen LogP contribution is -2.56. The number of carbonyl (C=O) groups is 2. The molecule has 0 saturated heterocycles. The first-order valence-corrected chi connectivity index (χ1v) is 11.1. The Hall–Kier alpha value is -1.64. The number of rotatable bonds is 3. The smallest absolute Gasteiger partial charge is 0.240 e. The largest absolute Gasteiger partial charge is 0.274 e. The van der Waals surface area contributed by atoms with Crippen molar-refractivity contribution in [2.24, 2.45) is 29.1 Å². The van der Waals surface area contributed by atoms with Crippen LogP contribution in [0, 0.1) is 29.1 Å². The zero-order valence-corrected chi connectivity index (χ0v) is 16.2. The third kappa shape index (κ3) is 3.03. The van der Waals surface area contributed by atoms with Gasteiger partial charge in [0.2, 0.25) is 11.8 Å². The predicted molar refractivity (Wildman–Crippen MR) is 106 cm³/mol. The van der Waals surface area contributed by atoms with Gasteiger partial charge < -0.3 is 0 Å². The summed E-state index contributed by atoms with van der Waals surface area (Å²) in [4.78, 5) is 29.2. The van der Waals surface area contributed by atoms with Crippen LogP contribution in [0.25, 0.3) is 0 Å². The molecule has 27 heavy (non-hydrogen) atoms. The van der Waals surface area contributed by atoms with E-state index in [9.17, 15) is 9.59 Å². The third-order valence-corrected chi connectivity index (χ3v) is 7.88. The molecular weight excluding hydrogens is 334 g/mol. The van der Waals surface area contributed by atoms with E-state index in [4.69, 9.17) is 0 Å². The van der Waals surface area contributed by atoms with Crippen LogP contribution in [0.1, 0.15) is 70.6 Å². The topological polar surface area (TPSA) is 37.4 Å². The van der Waals surface area contributed by atoms with Crippen LogP contribution >= 0.6 is 0 Å². The summed E-state index contributed by atoms with van der Waals surface area (Å²) in [5.41, 5.74) is 0.517. The minimum absolute atomic E-state index is 0.0248. The average Bonchev–Trinajstić information content (AvgIpc) is 2.68. The maximum absolute atomic E-state index is 14.0. The van der Waals surface area contributed by atoms with Gasteiger partial charge in [0.05, 0.1) is 11.1 Å². The van der Waals surface area contributed by atoms with Crippen LogP contribution < -0.4 is 4.90 Å². The first-order chi connectivity index (χ1) is 13.1. The second kappa shape index (κ2) is 6.76. The molecule has 3 heteroatoms. The Morgan fingerprint density at radius 3 is 1.93 bits per heavy atom. The van der Waals surface area contributed by atoms with E-state index >= 15 is 0 Å². The number of amides is 2. The summed E-state index contributed by atoms with van der Waals surface area (Å²) in [6, 6.07) is 9.74. The van der Waals surface area contributed by atoms with E-state index in [0.717, 1.165) is 50.6 Å². The molecule has 2 amide bonds. The number of para-hydroxylation sites is 1. The normalized spacial score (nSPS) is 35.2. The molecule has 5 aliphatic carbocycles. The van der Waals surface area contributed by atoms with E-state index in [2.05, 4.69) is 0 Å². The fourth-order valence-electron chi connectivity index (χ4n) is 7.06. The second-order valence-corrected chi connectivity index (χ2v) is 9.85. The van der Waals surface area contributed by atoms with Crippen LogP contribution in [-0.4, -0.2) is 11.8 Å². The lowest BCUT2D eigenvalue weighted by molar-refractivity contribution is -0.146. The van der Waals surface area contributed by atoms with Gasteiger partial charge in [-0.2, -0.15) is 0 Å². The summed E-state index contributed by atoms with van der Waals surface area (Å²) in [7, 11) is 0. The number of benzene rings is 1. The molecule has 0 N–H and O–H groups in total. The monoisotopic (exact) mass is 365 g/mol. The van der Waals surface area contributed by atoms with Crippen LogP contribution in [0.3, 0.4) is 0 Å². The number of imide groups is 1. The predicted octanol–water partition coefficient (Wildman–Crippen LogP) is 5.34. The third-order valence-electron chi connectivity index (χ3n) is 7.88. The van der Waals surface area contributed by atoms with E-state index < -0.39 is 0 Å². The zero-order valence-electron chi connectivity index (χ0n) is 16.2. The van der Waals surface area contributed by atoms with Crippen molar-refractivity contribution in [2.75, 3.05) is 4.90 Å². The molecule has 0 aromatic heterocycles. The molecule has 0 radical (unpaired) electrons. The summed E-state index contributed by atoms with van der Waals surface area (Å²) in [5.74, 6) is 2.36. The molecule has 5 fully saturated rings. The van der Waals surface area contributed by atoms with Crippen molar-refractivity contribution in [2.45, 2.75) is 70.6 Å². The maximum Gasteiger partial charge on any atom is 0.240 e. The minimum Gasteiger partial charge on any atom is -0.274 e. The Morgan fingerprint density at radius 2 is 1.37 bits per heavy atom. The van der Waals surface area contributed by atoms with Gasteiger partial charge in [0, 0.05) is 5.92 Å². The molecule has 0 heterocycles. The van der Waals surface area contributed by atoms with Crippen molar-refractivity contribution in [1.29, 1.82) is 0 Å². The van der Waals surface area contributed by atoms with Crippen LogP contribution in [-0.2, 0) is 9.59 Å². The standard InChI is InChI=1S/C24H31NO2/c26-22(20-7-3-1-4-8-20)25(21-9-5-2-6-10-21)23(27)24-14-17-11-18(15-24)13-19(12-17)16-24/h2,5-6,9-10,17-20H,1,3-4,7-8,11-16H2. The highest BCUT2D eigenvalue weighted by Crippen LogP contribution is 2.60. The van der Waals surface area contributed by atoms with Crippen molar-refractivity contribution in [3.05, 3.63) is 30.3 Å². The molecule has 1 aromatic rings. The summed E-state index contributed by atoms with van der Waals surface area (Å²) in [6.45, 7) is 0. The van der Waals surface area contributed by atoms with Crippen molar-refractivity contribution in [1.82, 2.24) is 0 Å². The summed E-state index contributed by atoms with van der Waals surface area (Å²) < 4.78 is 0. The molecule has 0 spiro atoms. The van der Waals surface area contributed by atoms with Crippen molar-refractivity contribution >= 4 is 17.5 Å².